The van der Waals surface area contributed by atoms with Gasteiger partial charge in [0.15, 0.2) is 0 Å². The van der Waals surface area contributed by atoms with Gasteiger partial charge in [-0.15, -0.1) is 0 Å². The summed E-state index contributed by atoms with van der Waals surface area (Å²) in [6.45, 7) is 3.60. The lowest BCUT2D eigenvalue weighted by atomic mass is 9.73. The van der Waals surface area contributed by atoms with Crippen LogP contribution in [-0.4, -0.2) is 27.6 Å². The van der Waals surface area contributed by atoms with Crippen molar-refractivity contribution in [1.29, 1.82) is 0 Å². The third-order valence-corrected chi connectivity index (χ3v) is 4.49. The Morgan fingerprint density at radius 1 is 1.33 bits per heavy atom. The van der Waals surface area contributed by atoms with Gasteiger partial charge in [-0.3, -0.25) is 4.79 Å². The van der Waals surface area contributed by atoms with Gasteiger partial charge in [-0.1, -0.05) is 25.8 Å². The monoisotopic (exact) mass is 291 g/mol. The Hall–Kier alpha value is -2.04. The molecule has 1 aromatic rings. The smallest absolute Gasteiger partial charge is 0.329 e. The average Bonchev–Trinajstić information content (AvgIpc) is 2.44. The Morgan fingerprint density at radius 2 is 2.05 bits per heavy atom. The van der Waals surface area contributed by atoms with Crippen LogP contribution in [0.3, 0.4) is 0 Å². The third kappa shape index (κ3) is 2.86. The first-order valence-electron chi connectivity index (χ1n) is 7.22. The molecule has 1 aliphatic carbocycles. The molecule has 2 atom stereocenters. The second kappa shape index (κ2) is 5.76. The van der Waals surface area contributed by atoms with Crippen molar-refractivity contribution >= 4 is 11.9 Å². The molecule has 0 saturated heterocycles. The second-order valence-corrected chi connectivity index (χ2v) is 5.88. The van der Waals surface area contributed by atoms with Crippen molar-refractivity contribution < 1.29 is 19.8 Å². The molecular weight excluding hydrogens is 270 g/mol. The van der Waals surface area contributed by atoms with Crippen LogP contribution in [0.1, 0.15) is 48.5 Å². The third-order valence-electron chi connectivity index (χ3n) is 4.49. The SMILES string of the molecule is Cc1ccc(C(=O)NC2(C(=O)O)CCCCC2C)cc1O. The lowest BCUT2D eigenvalue weighted by Gasteiger charge is -2.39. The molecule has 1 aliphatic rings. The maximum atomic E-state index is 12.3. The van der Waals surface area contributed by atoms with Crippen LogP contribution in [0.15, 0.2) is 18.2 Å². The van der Waals surface area contributed by atoms with Gasteiger partial charge in [-0.2, -0.15) is 0 Å². The van der Waals surface area contributed by atoms with Crippen molar-refractivity contribution in [3.8, 4) is 5.75 Å². The number of phenolic OH excluding ortho intramolecular Hbond substituents is 1. The summed E-state index contributed by atoms with van der Waals surface area (Å²) in [4.78, 5) is 24.1. The van der Waals surface area contributed by atoms with Crippen LogP contribution >= 0.6 is 0 Å². The number of rotatable bonds is 3. The second-order valence-electron chi connectivity index (χ2n) is 5.88. The molecule has 5 heteroatoms. The molecule has 2 rings (SSSR count). The predicted molar refractivity (Wildman–Crippen MR) is 78.3 cm³/mol. The standard InChI is InChI=1S/C16H21NO4/c1-10-6-7-12(9-13(10)18)14(19)17-16(15(20)21)8-4-3-5-11(16)2/h6-7,9,11,18H,3-5,8H2,1-2H3,(H,17,19)(H,20,21). The van der Waals surface area contributed by atoms with Crippen molar-refractivity contribution in [1.82, 2.24) is 5.32 Å². The van der Waals surface area contributed by atoms with Crippen LogP contribution in [0, 0.1) is 12.8 Å². The van der Waals surface area contributed by atoms with Gasteiger partial charge in [0.05, 0.1) is 0 Å². The van der Waals surface area contributed by atoms with Crippen molar-refractivity contribution in [3.05, 3.63) is 29.3 Å². The van der Waals surface area contributed by atoms with Crippen molar-refractivity contribution in [2.24, 2.45) is 5.92 Å². The van der Waals surface area contributed by atoms with Crippen LogP contribution in [0.5, 0.6) is 5.75 Å². The topological polar surface area (TPSA) is 86.6 Å². The van der Waals surface area contributed by atoms with Crippen LogP contribution in [0.4, 0.5) is 0 Å². The zero-order valence-electron chi connectivity index (χ0n) is 12.3. The van der Waals surface area contributed by atoms with E-state index in [1.165, 1.54) is 6.07 Å². The number of nitrogens with one attached hydrogen (secondary N) is 1. The lowest BCUT2D eigenvalue weighted by Crippen LogP contribution is -2.60. The Labute approximate surface area is 124 Å². The van der Waals surface area contributed by atoms with E-state index in [0.717, 1.165) is 19.3 Å². The molecule has 0 bridgehead atoms. The van der Waals surface area contributed by atoms with E-state index in [1.54, 1.807) is 19.1 Å². The summed E-state index contributed by atoms with van der Waals surface area (Å²) in [6.07, 6.45) is 2.99. The van der Waals surface area contributed by atoms with Gasteiger partial charge < -0.3 is 15.5 Å². The van der Waals surface area contributed by atoms with Crippen molar-refractivity contribution in [2.45, 2.75) is 45.1 Å². The molecule has 0 aliphatic heterocycles. The summed E-state index contributed by atoms with van der Waals surface area (Å²) in [5.74, 6) is -1.53. The van der Waals surface area contributed by atoms with Crippen molar-refractivity contribution in [2.75, 3.05) is 0 Å². The molecule has 0 radical (unpaired) electrons. The molecule has 3 N–H and O–H groups in total. The number of hydrogen-bond donors (Lipinski definition) is 3. The van der Waals surface area contributed by atoms with E-state index < -0.39 is 17.4 Å². The molecule has 1 fully saturated rings. The Kier molecular flexibility index (Phi) is 4.21. The van der Waals surface area contributed by atoms with E-state index in [9.17, 15) is 19.8 Å². The molecule has 1 aromatic carbocycles. The zero-order valence-corrected chi connectivity index (χ0v) is 12.3. The zero-order chi connectivity index (χ0) is 15.6. The highest BCUT2D eigenvalue weighted by Gasteiger charge is 2.46. The summed E-state index contributed by atoms with van der Waals surface area (Å²) in [7, 11) is 0. The fourth-order valence-corrected chi connectivity index (χ4v) is 2.93. The summed E-state index contributed by atoms with van der Waals surface area (Å²) in [6, 6.07) is 4.60. The summed E-state index contributed by atoms with van der Waals surface area (Å²) >= 11 is 0. The first kappa shape index (κ1) is 15.4. The van der Waals surface area contributed by atoms with E-state index in [4.69, 9.17) is 0 Å². The summed E-state index contributed by atoms with van der Waals surface area (Å²) < 4.78 is 0. The molecule has 0 spiro atoms. The molecule has 5 nitrogen and oxygen atoms in total. The quantitative estimate of drug-likeness (QED) is 0.798. The number of aromatic hydroxyl groups is 1. The van der Waals surface area contributed by atoms with Gasteiger partial charge in [-0.25, -0.2) is 4.79 Å². The van der Waals surface area contributed by atoms with E-state index in [1.807, 2.05) is 6.92 Å². The van der Waals surface area contributed by atoms with E-state index in [0.29, 0.717) is 12.0 Å². The van der Waals surface area contributed by atoms with Crippen molar-refractivity contribution in [3.63, 3.8) is 0 Å². The first-order valence-corrected chi connectivity index (χ1v) is 7.22. The summed E-state index contributed by atoms with van der Waals surface area (Å²) in [5, 5.41) is 22.0. The van der Waals surface area contributed by atoms with E-state index in [2.05, 4.69) is 5.32 Å². The minimum Gasteiger partial charge on any atom is -0.508 e. The Morgan fingerprint density at radius 3 is 2.62 bits per heavy atom. The molecule has 2 unspecified atom stereocenters. The van der Waals surface area contributed by atoms with Gasteiger partial charge in [0.2, 0.25) is 0 Å². The van der Waals surface area contributed by atoms with Gasteiger partial charge >= 0.3 is 5.97 Å². The minimum atomic E-state index is -1.21. The number of aryl methyl sites for hydroxylation is 1. The minimum absolute atomic E-state index is 0.0312. The lowest BCUT2D eigenvalue weighted by molar-refractivity contribution is -0.148. The van der Waals surface area contributed by atoms with Crippen LogP contribution < -0.4 is 5.32 Å². The number of carboxylic acids is 1. The molecule has 114 valence electrons. The van der Waals surface area contributed by atoms with Gasteiger partial charge in [0, 0.05) is 5.56 Å². The highest BCUT2D eigenvalue weighted by Crippen LogP contribution is 2.34. The number of aliphatic carboxylic acids is 1. The Balaban J connectivity index is 2.26. The van der Waals surface area contributed by atoms with Gasteiger partial charge in [-0.05, 0) is 43.4 Å². The fourth-order valence-electron chi connectivity index (χ4n) is 2.93. The Bertz CT molecular complexity index is 569. The first-order chi connectivity index (χ1) is 9.86. The number of phenols is 1. The van der Waals surface area contributed by atoms with Gasteiger partial charge in [0.1, 0.15) is 11.3 Å². The van der Waals surface area contributed by atoms with E-state index in [-0.39, 0.29) is 17.2 Å². The molecule has 0 aromatic heterocycles. The van der Waals surface area contributed by atoms with E-state index >= 15 is 0 Å². The normalized spacial score (nSPS) is 25.3. The fraction of sp³-hybridized carbons (Fsp3) is 0.500. The number of hydrogen-bond acceptors (Lipinski definition) is 3. The number of carbonyl (C=O) groups is 2. The highest BCUT2D eigenvalue weighted by molar-refractivity contribution is 5.98. The molecule has 1 amide bonds. The highest BCUT2D eigenvalue weighted by atomic mass is 16.4. The molecule has 0 heterocycles. The van der Waals surface area contributed by atoms with Crippen LogP contribution in [-0.2, 0) is 4.79 Å². The number of carboxylic acid groups (broad SMARTS) is 1. The number of amides is 1. The number of carbonyl (C=O) groups excluding carboxylic acids is 1. The molecular formula is C16H21NO4. The maximum absolute atomic E-state index is 12.3. The number of benzene rings is 1. The molecule has 1 saturated carbocycles. The van der Waals surface area contributed by atoms with Crippen LogP contribution in [0.2, 0.25) is 0 Å². The average molecular weight is 291 g/mol. The molecule has 21 heavy (non-hydrogen) atoms. The maximum Gasteiger partial charge on any atom is 0.329 e. The van der Waals surface area contributed by atoms with Crippen LogP contribution in [0.25, 0.3) is 0 Å². The predicted octanol–water partition coefficient (Wildman–Crippen LogP) is 2.46. The van der Waals surface area contributed by atoms with Gasteiger partial charge in [0.25, 0.3) is 5.91 Å². The largest absolute Gasteiger partial charge is 0.508 e. The summed E-state index contributed by atoms with van der Waals surface area (Å²) in [5.41, 5.74) is -0.266.